The zero-order valence-electron chi connectivity index (χ0n) is 15.3. The molecular formula is C17H26N6O2. The first-order chi connectivity index (χ1) is 11.9. The summed E-state index contributed by atoms with van der Waals surface area (Å²) >= 11 is 0. The molecule has 136 valence electrons. The average Bonchev–Trinajstić information content (AvgIpc) is 3.21. The molecule has 1 fully saturated rings. The van der Waals surface area contributed by atoms with E-state index < -0.39 is 6.04 Å². The molecule has 3 rings (SSSR count). The van der Waals surface area contributed by atoms with Crippen LogP contribution in [0, 0.1) is 0 Å². The normalized spacial score (nSPS) is 20.9. The monoisotopic (exact) mass is 346 g/mol. The van der Waals surface area contributed by atoms with Crippen LogP contribution in [0.3, 0.4) is 0 Å². The molecule has 8 heteroatoms. The molecule has 0 aromatic carbocycles. The van der Waals surface area contributed by atoms with E-state index in [0.29, 0.717) is 19.7 Å². The maximum absolute atomic E-state index is 12.9. The van der Waals surface area contributed by atoms with Gasteiger partial charge >= 0.3 is 6.03 Å². The first-order valence-corrected chi connectivity index (χ1v) is 8.57. The van der Waals surface area contributed by atoms with Crippen LogP contribution in [0.15, 0.2) is 24.8 Å². The molecule has 0 aliphatic carbocycles. The number of aryl methyl sites for hydroxylation is 2. The molecule has 1 atom stereocenters. The van der Waals surface area contributed by atoms with Gasteiger partial charge in [0.15, 0.2) is 0 Å². The lowest BCUT2D eigenvalue weighted by atomic mass is 10.0. The smallest absolute Gasteiger partial charge is 0.318 e. The number of nitrogens with zero attached hydrogens (tertiary/aromatic N) is 5. The number of hydrogen-bond donors (Lipinski definition) is 1. The van der Waals surface area contributed by atoms with Crippen LogP contribution < -0.4 is 5.32 Å². The lowest BCUT2D eigenvalue weighted by Crippen LogP contribution is -2.55. The van der Waals surface area contributed by atoms with Crippen LogP contribution in [0.4, 0.5) is 4.79 Å². The number of ether oxygens (including phenoxy) is 1. The summed E-state index contributed by atoms with van der Waals surface area (Å²) in [6.45, 7) is 5.82. The van der Waals surface area contributed by atoms with Crippen LogP contribution in [0.5, 0.6) is 0 Å². The zero-order chi connectivity index (χ0) is 18.0. The molecule has 1 aliphatic rings. The Morgan fingerprint density at radius 3 is 2.36 bits per heavy atom. The van der Waals surface area contributed by atoms with E-state index in [0.717, 1.165) is 18.1 Å². The zero-order valence-corrected chi connectivity index (χ0v) is 15.3. The van der Waals surface area contributed by atoms with Crippen molar-refractivity contribution in [3.63, 3.8) is 0 Å². The molecule has 1 unspecified atom stereocenters. The van der Waals surface area contributed by atoms with Gasteiger partial charge in [0.2, 0.25) is 0 Å². The number of amides is 2. The van der Waals surface area contributed by atoms with Crippen LogP contribution in [0.2, 0.25) is 0 Å². The Morgan fingerprint density at radius 1 is 1.28 bits per heavy atom. The number of carbonyl (C=O) groups is 1. The maximum Gasteiger partial charge on any atom is 0.318 e. The molecule has 2 aromatic heterocycles. The number of urea groups is 1. The van der Waals surface area contributed by atoms with Crippen molar-refractivity contribution in [2.24, 2.45) is 14.1 Å². The Bertz CT molecular complexity index is 699. The summed E-state index contributed by atoms with van der Waals surface area (Å²) in [7, 11) is 3.82. The van der Waals surface area contributed by atoms with Crippen molar-refractivity contribution in [1.29, 1.82) is 0 Å². The molecular weight excluding hydrogens is 320 g/mol. The Labute approximate surface area is 147 Å². The molecule has 1 saturated heterocycles. The summed E-state index contributed by atoms with van der Waals surface area (Å²) in [4.78, 5) is 23.5. The second-order valence-corrected chi connectivity index (χ2v) is 6.75. The molecule has 2 aromatic rings. The van der Waals surface area contributed by atoms with Crippen LogP contribution >= 0.6 is 0 Å². The third-order valence-corrected chi connectivity index (χ3v) is 4.87. The fraction of sp³-hybridized carbons (Fsp3) is 0.588. The van der Waals surface area contributed by atoms with E-state index in [2.05, 4.69) is 22.2 Å². The van der Waals surface area contributed by atoms with Crippen LogP contribution in [0.1, 0.15) is 38.0 Å². The van der Waals surface area contributed by atoms with Crippen molar-refractivity contribution < 1.29 is 9.53 Å². The number of morpholine rings is 1. The first kappa shape index (κ1) is 17.5. The summed E-state index contributed by atoms with van der Waals surface area (Å²) in [6, 6.07) is -0.540. The van der Waals surface area contributed by atoms with Gasteiger partial charge in [-0.05, 0) is 13.3 Å². The molecule has 0 saturated carbocycles. The molecule has 0 bridgehead atoms. The maximum atomic E-state index is 12.9. The first-order valence-electron chi connectivity index (χ1n) is 8.57. The molecule has 0 radical (unpaired) electrons. The highest BCUT2D eigenvalue weighted by atomic mass is 16.5. The minimum Gasteiger partial charge on any atom is -0.372 e. The van der Waals surface area contributed by atoms with Crippen LogP contribution in [0.25, 0.3) is 0 Å². The van der Waals surface area contributed by atoms with Gasteiger partial charge in [-0.1, -0.05) is 6.92 Å². The van der Waals surface area contributed by atoms with Gasteiger partial charge in [-0.25, -0.2) is 14.8 Å². The van der Waals surface area contributed by atoms with Gasteiger partial charge in [0, 0.05) is 45.4 Å². The molecule has 0 spiro atoms. The third-order valence-electron chi connectivity index (χ3n) is 4.87. The number of rotatable bonds is 4. The SMILES string of the molecule is CCC1(C)CN(C(=O)NC(c2nccn2C)c2nccn2C)CCO1. The van der Waals surface area contributed by atoms with Gasteiger partial charge in [-0.3, -0.25) is 0 Å². The minimum atomic E-state index is -0.414. The quantitative estimate of drug-likeness (QED) is 0.909. The molecule has 1 N–H and O–H groups in total. The van der Waals surface area contributed by atoms with Crippen molar-refractivity contribution >= 4 is 6.03 Å². The van der Waals surface area contributed by atoms with Crippen molar-refractivity contribution in [2.45, 2.75) is 31.9 Å². The predicted molar refractivity (Wildman–Crippen MR) is 93.0 cm³/mol. The lowest BCUT2D eigenvalue weighted by molar-refractivity contribution is -0.0874. The number of imidazole rings is 2. The Kier molecular flexibility index (Phi) is 4.80. The molecule has 2 amide bonds. The van der Waals surface area contributed by atoms with Gasteiger partial charge in [0.05, 0.1) is 18.8 Å². The van der Waals surface area contributed by atoms with E-state index in [1.807, 2.05) is 47.4 Å². The number of carbonyl (C=O) groups excluding carboxylic acids is 1. The van der Waals surface area contributed by atoms with Crippen LogP contribution in [-0.2, 0) is 18.8 Å². The minimum absolute atomic E-state index is 0.126. The van der Waals surface area contributed by atoms with Crippen molar-refractivity contribution in [2.75, 3.05) is 19.7 Å². The average molecular weight is 346 g/mol. The van der Waals surface area contributed by atoms with E-state index in [1.54, 1.807) is 12.4 Å². The van der Waals surface area contributed by atoms with Gasteiger partial charge in [-0.2, -0.15) is 0 Å². The second kappa shape index (κ2) is 6.87. The highest BCUT2D eigenvalue weighted by molar-refractivity contribution is 5.75. The largest absolute Gasteiger partial charge is 0.372 e. The van der Waals surface area contributed by atoms with E-state index in [1.165, 1.54) is 0 Å². The third kappa shape index (κ3) is 3.53. The topological polar surface area (TPSA) is 77.2 Å². The van der Waals surface area contributed by atoms with E-state index >= 15 is 0 Å². The van der Waals surface area contributed by atoms with Crippen molar-refractivity contribution in [1.82, 2.24) is 29.3 Å². The number of aromatic nitrogens is 4. The summed E-state index contributed by atoms with van der Waals surface area (Å²) in [5.41, 5.74) is -0.294. The summed E-state index contributed by atoms with van der Waals surface area (Å²) < 4.78 is 9.62. The molecule has 1 aliphatic heterocycles. The van der Waals surface area contributed by atoms with Crippen LogP contribution in [-0.4, -0.2) is 55.3 Å². The van der Waals surface area contributed by atoms with E-state index in [-0.39, 0.29) is 11.6 Å². The van der Waals surface area contributed by atoms with Gasteiger partial charge in [0.1, 0.15) is 17.7 Å². The Hall–Kier alpha value is -2.35. The number of nitrogens with one attached hydrogen (secondary N) is 1. The second-order valence-electron chi connectivity index (χ2n) is 6.75. The summed E-state index contributed by atoms with van der Waals surface area (Å²) in [5.74, 6) is 1.49. The fourth-order valence-electron chi connectivity index (χ4n) is 3.09. The molecule has 3 heterocycles. The Balaban J connectivity index is 1.82. The Morgan fingerprint density at radius 2 is 1.88 bits per heavy atom. The van der Waals surface area contributed by atoms with E-state index in [9.17, 15) is 4.79 Å². The lowest BCUT2D eigenvalue weighted by Gasteiger charge is -2.40. The molecule has 25 heavy (non-hydrogen) atoms. The predicted octanol–water partition coefficient (Wildman–Crippen LogP) is 1.45. The highest BCUT2D eigenvalue weighted by Crippen LogP contribution is 2.23. The molecule has 8 nitrogen and oxygen atoms in total. The van der Waals surface area contributed by atoms with E-state index in [4.69, 9.17) is 4.74 Å². The van der Waals surface area contributed by atoms with Gasteiger partial charge < -0.3 is 24.1 Å². The van der Waals surface area contributed by atoms with Crippen molar-refractivity contribution in [3.05, 3.63) is 36.4 Å². The van der Waals surface area contributed by atoms with Gasteiger partial charge in [0.25, 0.3) is 0 Å². The highest BCUT2D eigenvalue weighted by Gasteiger charge is 2.34. The summed E-state index contributed by atoms with van der Waals surface area (Å²) in [6.07, 6.45) is 8.03. The van der Waals surface area contributed by atoms with Crippen molar-refractivity contribution in [3.8, 4) is 0 Å². The standard InChI is InChI=1S/C17H26N6O2/c1-5-17(2)12-23(10-11-25-17)16(24)20-13(14-18-6-8-21(14)3)15-19-7-9-22(15)4/h6-9,13H,5,10-12H2,1-4H3,(H,20,24). The van der Waals surface area contributed by atoms with Gasteiger partial charge in [-0.15, -0.1) is 0 Å². The fourth-order valence-corrected chi connectivity index (χ4v) is 3.09. The summed E-state index contributed by atoms with van der Waals surface area (Å²) in [5, 5.41) is 3.10. The number of hydrogen-bond acceptors (Lipinski definition) is 4.